The van der Waals surface area contributed by atoms with Crippen molar-refractivity contribution in [1.29, 1.82) is 0 Å². The second-order valence-electron chi connectivity index (χ2n) is 5.54. The van der Waals surface area contributed by atoms with Gasteiger partial charge in [0.1, 0.15) is 0 Å². The highest BCUT2D eigenvalue weighted by Crippen LogP contribution is 2.20. The van der Waals surface area contributed by atoms with Crippen LogP contribution in [-0.2, 0) is 13.1 Å². The standard InChI is InChI=1S/C19H22N2/c1-3-20-13-16-8-9-19-17(12-16)10-11-21(19)14-18-7-5-4-6-15(18)2/h4-12,20H,3,13-14H2,1-2H3. The van der Waals surface area contributed by atoms with Gasteiger partial charge in [0, 0.05) is 24.8 Å². The molecule has 0 unspecified atom stereocenters. The van der Waals surface area contributed by atoms with E-state index in [1.165, 1.54) is 27.6 Å². The largest absolute Gasteiger partial charge is 0.343 e. The average Bonchev–Trinajstić information content (AvgIpc) is 2.90. The molecule has 3 aromatic rings. The van der Waals surface area contributed by atoms with Crippen LogP contribution in [0.4, 0.5) is 0 Å². The molecule has 108 valence electrons. The Balaban J connectivity index is 1.88. The minimum absolute atomic E-state index is 0.933. The number of rotatable bonds is 5. The molecule has 0 saturated heterocycles. The molecule has 1 aromatic heterocycles. The zero-order chi connectivity index (χ0) is 14.7. The molecule has 0 aliphatic rings. The summed E-state index contributed by atoms with van der Waals surface area (Å²) in [5, 5.41) is 4.70. The van der Waals surface area contributed by atoms with Gasteiger partial charge >= 0.3 is 0 Å². The maximum atomic E-state index is 3.38. The van der Waals surface area contributed by atoms with Gasteiger partial charge in [-0.15, -0.1) is 0 Å². The number of hydrogen-bond donors (Lipinski definition) is 1. The van der Waals surface area contributed by atoms with E-state index >= 15 is 0 Å². The minimum Gasteiger partial charge on any atom is -0.343 e. The van der Waals surface area contributed by atoms with E-state index in [0.717, 1.165) is 19.6 Å². The minimum atomic E-state index is 0.933. The van der Waals surface area contributed by atoms with Crippen LogP contribution in [0.25, 0.3) is 10.9 Å². The average molecular weight is 278 g/mol. The van der Waals surface area contributed by atoms with Crippen LogP contribution in [0.2, 0.25) is 0 Å². The lowest BCUT2D eigenvalue weighted by Crippen LogP contribution is -2.11. The molecule has 0 bridgehead atoms. The Hall–Kier alpha value is -2.06. The Morgan fingerprint density at radius 1 is 1.05 bits per heavy atom. The van der Waals surface area contributed by atoms with Crippen molar-refractivity contribution in [1.82, 2.24) is 9.88 Å². The summed E-state index contributed by atoms with van der Waals surface area (Å²) in [6.45, 7) is 7.19. The SMILES string of the molecule is CCNCc1ccc2c(ccn2Cc2ccccc2C)c1. The summed E-state index contributed by atoms with van der Waals surface area (Å²) in [7, 11) is 0. The molecular formula is C19H22N2. The molecule has 21 heavy (non-hydrogen) atoms. The van der Waals surface area contributed by atoms with Gasteiger partial charge in [-0.25, -0.2) is 0 Å². The Morgan fingerprint density at radius 2 is 1.90 bits per heavy atom. The highest BCUT2D eigenvalue weighted by Gasteiger charge is 2.04. The van der Waals surface area contributed by atoms with Crippen molar-refractivity contribution in [2.45, 2.75) is 26.9 Å². The quantitative estimate of drug-likeness (QED) is 0.743. The second kappa shape index (κ2) is 6.15. The van der Waals surface area contributed by atoms with Gasteiger partial charge in [0.05, 0.1) is 0 Å². The zero-order valence-corrected chi connectivity index (χ0v) is 12.8. The summed E-state index contributed by atoms with van der Waals surface area (Å²) in [6.07, 6.45) is 2.19. The van der Waals surface area contributed by atoms with Crippen LogP contribution in [0.5, 0.6) is 0 Å². The van der Waals surface area contributed by atoms with Crippen LogP contribution in [0.3, 0.4) is 0 Å². The summed E-state index contributed by atoms with van der Waals surface area (Å²) in [5.74, 6) is 0. The number of nitrogens with one attached hydrogen (secondary N) is 1. The Kier molecular flexibility index (Phi) is 4.07. The zero-order valence-electron chi connectivity index (χ0n) is 12.8. The highest BCUT2D eigenvalue weighted by molar-refractivity contribution is 5.81. The van der Waals surface area contributed by atoms with E-state index in [4.69, 9.17) is 0 Å². The van der Waals surface area contributed by atoms with Crippen LogP contribution in [-0.4, -0.2) is 11.1 Å². The second-order valence-corrected chi connectivity index (χ2v) is 5.54. The predicted octanol–water partition coefficient (Wildman–Crippen LogP) is 4.11. The number of aromatic nitrogens is 1. The van der Waals surface area contributed by atoms with Crippen molar-refractivity contribution in [2.75, 3.05) is 6.54 Å². The topological polar surface area (TPSA) is 17.0 Å². The summed E-state index contributed by atoms with van der Waals surface area (Å²) in [4.78, 5) is 0. The number of nitrogens with zero attached hydrogens (tertiary/aromatic N) is 1. The van der Waals surface area contributed by atoms with E-state index in [9.17, 15) is 0 Å². The lowest BCUT2D eigenvalue weighted by Gasteiger charge is -2.09. The molecule has 0 spiro atoms. The van der Waals surface area contributed by atoms with Gasteiger partial charge in [0.15, 0.2) is 0 Å². The first-order chi connectivity index (χ1) is 10.3. The number of aryl methyl sites for hydroxylation is 1. The van der Waals surface area contributed by atoms with Crippen molar-refractivity contribution in [2.24, 2.45) is 0 Å². The maximum Gasteiger partial charge on any atom is 0.0483 e. The molecule has 0 amide bonds. The van der Waals surface area contributed by atoms with Gasteiger partial charge in [-0.2, -0.15) is 0 Å². The summed E-state index contributed by atoms with van der Waals surface area (Å²) in [6, 6.07) is 17.5. The first-order valence-corrected chi connectivity index (χ1v) is 7.61. The Morgan fingerprint density at radius 3 is 2.71 bits per heavy atom. The van der Waals surface area contributed by atoms with Gasteiger partial charge in [-0.1, -0.05) is 37.3 Å². The monoisotopic (exact) mass is 278 g/mol. The fraction of sp³-hybridized carbons (Fsp3) is 0.263. The van der Waals surface area contributed by atoms with Crippen LogP contribution in [0.1, 0.15) is 23.6 Å². The summed E-state index contributed by atoms with van der Waals surface area (Å²) >= 11 is 0. The third-order valence-corrected chi connectivity index (χ3v) is 4.02. The molecule has 0 aliphatic heterocycles. The molecule has 0 radical (unpaired) electrons. The Bertz CT molecular complexity index is 740. The molecule has 3 rings (SSSR count). The highest BCUT2D eigenvalue weighted by atomic mass is 14.9. The summed E-state index contributed by atoms with van der Waals surface area (Å²) in [5.41, 5.74) is 5.38. The van der Waals surface area contributed by atoms with E-state index < -0.39 is 0 Å². The third-order valence-electron chi connectivity index (χ3n) is 4.02. The molecule has 1 N–H and O–H groups in total. The van der Waals surface area contributed by atoms with Crippen molar-refractivity contribution in [3.63, 3.8) is 0 Å². The number of hydrogen-bond acceptors (Lipinski definition) is 1. The fourth-order valence-corrected chi connectivity index (χ4v) is 2.74. The number of fused-ring (bicyclic) bond motifs is 1. The molecule has 0 fully saturated rings. The third kappa shape index (κ3) is 3.01. The van der Waals surface area contributed by atoms with E-state index in [0.29, 0.717) is 0 Å². The van der Waals surface area contributed by atoms with Crippen LogP contribution in [0.15, 0.2) is 54.7 Å². The lowest BCUT2D eigenvalue weighted by molar-refractivity contribution is 0.727. The van der Waals surface area contributed by atoms with Crippen molar-refractivity contribution in [3.8, 4) is 0 Å². The fourth-order valence-electron chi connectivity index (χ4n) is 2.74. The molecule has 2 nitrogen and oxygen atoms in total. The maximum absolute atomic E-state index is 3.38. The lowest BCUT2D eigenvalue weighted by atomic mass is 10.1. The van der Waals surface area contributed by atoms with Gasteiger partial charge in [-0.3, -0.25) is 0 Å². The van der Waals surface area contributed by atoms with Crippen LogP contribution in [0, 0.1) is 6.92 Å². The molecule has 2 aromatic carbocycles. The first-order valence-electron chi connectivity index (χ1n) is 7.61. The van der Waals surface area contributed by atoms with Crippen LogP contribution >= 0.6 is 0 Å². The van der Waals surface area contributed by atoms with E-state index in [1.807, 2.05) is 0 Å². The molecule has 0 aliphatic carbocycles. The van der Waals surface area contributed by atoms with E-state index in [1.54, 1.807) is 0 Å². The van der Waals surface area contributed by atoms with Gasteiger partial charge < -0.3 is 9.88 Å². The first kappa shape index (κ1) is 13.9. The molecule has 0 saturated carbocycles. The number of benzene rings is 2. The van der Waals surface area contributed by atoms with Gasteiger partial charge in [0.2, 0.25) is 0 Å². The van der Waals surface area contributed by atoms with Crippen molar-refractivity contribution in [3.05, 3.63) is 71.4 Å². The molecule has 1 heterocycles. The summed E-state index contributed by atoms with van der Waals surface area (Å²) < 4.78 is 2.33. The van der Waals surface area contributed by atoms with Crippen molar-refractivity contribution >= 4 is 10.9 Å². The van der Waals surface area contributed by atoms with Crippen molar-refractivity contribution < 1.29 is 0 Å². The predicted molar refractivity (Wildman–Crippen MR) is 89.6 cm³/mol. The van der Waals surface area contributed by atoms with Crippen LogP contribution < -0.4 is 5.32 Å². The normalized spacial score (nSPS) is 11.1. The Labute approximate surface area is 126 Å². The van der Waals surface area contributed by atoms with E-state index in [-0.39, 0.29) is 0 Å². The molecule has 2 heteroatoms. The molecular weight excluding hydrogens is 256 g/mol. The van der Waals surface area contributed by atoms with Gasteiger partial charge in [-0.05, 0) is 53.7 Å². The van der Waals surface area contributed by atoms with E-state index in [2.05, 4.69) is 78.5 Å². The van der Waals surface area contributed by atoms with Gasteiger partial charge in [0.25, 0.3) is 0 Å². The smallest absolute Gasteiger partial charge is 0.0483 e. The molecule has 0 atom stereocenters.